The van der Waals surface area contributed by atoms with Gasteiger partial charge in [0.1, 0.15) is 0 Å². The molecule has 1 heterocycles. The Hall–Kier alpha value is -1.36. The smallest absolute Gasteiger partial charge is 0.309 e. The molecular weight excluding hydrogens is 262 g/mol. The summed E-state index contributed by atoms with van der Waals surface area (Å²) in [5, 5.41) is 11.1. The molecule has 1 aromatic heterocycles. The van der Waals surface area contributed by atoms with Crippen molar-refractivity contribution in [3.05, 3.63) is 22.4 Å². The van der Waals surface area contributed by atoms with Crippen LogP contribution in [0, 0.1) is 5.41 Å². The minimum absolute atomic E-state index is 0.0525. The molecule has 0 aromatic carbocycles. The molecule has 1 aliphatic rings. The second kappa shape index (κ2) is 5.33. The van der Waals surface area contributed by atoms with Gasteiger partial charge in [0, 0.05) is 17.3 Å². The molecule has 19 heavy (non-hydrogen) atoms. The van der Waals surface area contributed by atoms with Crippen molar-refractivity contribution in [3.8, 4) is 0 Å². The molecule has 1 aliphatic carbocycles. The third-order valence-corrected chi connectivity index (χ3v) is 4.25. The van der Waals surface area contributed by atoms with Crippen LogP contribution in [0.3, 0.4) is 0 Å². The highest BCUT2D eigenvalue weighted by molar-refractivity contribution is 7.09. The maximum Gasteiger partial charge on any atom is 0.309 e. The Bertz CT molecular complexity index is 463. The van der Waals surface area contributed by atoms with Gasteiger partial charge in [0.15, 0.2) is 0 Å². The number of aliphatic carboxylic acids is 1. The molecule has 1 fully saturated rings. The van der Waals surface area contributed by atoms with Crippen LogP contribution < -0.4 is 0 Å². The van der Waals surface area contributed by atoms with Gasteiger partial charge < -0.3 is 10.0 Å². The third kappa shape index (κ3) is 3.56. The summed E-state index contributed by atoms with van der Waals surface area (Å²) < 4.78 is 0. The fraction of sp³-hybridized carbons (Fsp3) is 0.571. The zero-order chi connectivity index (χ0) is 14.0. The van der Waals surface area contributed by atoms with Crippen LogP contribution in [0.1, 0.15) is 38.0 Å². The molecule has 4 nitrogen and oxygen atoms in total. The minimum atomic E-state index is -1.00. The van der Waals surface area contributed by atoms with Crippen molar-refractivity contribution in [1.82, 2.24) is 4.90 Å². The number of hydrogen-bond donors (Lipinski definition) is 1. The second-order valence-corrected chi connectivity index (χ2v) is 6.73. The zero-order valence-corrected chi connectivity index (χ0v) is 12.1. The highest BCUT2D eigenvalue weighted by atomic mass is 32.1. The quantitative estimate of drug-likeness (QED) is 0.872. The number of hydrogen-bond acceptors (Lipinski definition) is 3. The Kier molecular flexibility index (Phi) is 3.94. The Morgan fingerprint density at radius 1 is 1.47 bits per heavy atom. The lowest BCUT2D eigenvalue weighted by Gasteiger charge is -2.26. The maximum absolute atomic E-state index is 12.3. The van der Waals surface area contributed by atoms with Gasteiger partial charge in [0.25, 0.3) is 0 Å². The Morgan fingerprint density at radius 2 is 2.16 bits per heavy atom. The minimum Gasteiger partial charge on any atom is -0.481 e. The number of carbonyl (C=O) groups excluding carboxylic acids is 1. The number of carboxylic acids is 1. The fourth-order valence-electron chi connectivity index (χ4n) is 1.93. The van der Waals surface area contributed by atoms with E-state index in [9.17, 15) is 9.59 Å². The van der Waals surface area contributed by atoms with Crippen LogP contribution in [0.5, 0.6) is 0 Å². The molecule has 104 valence electrons. The van der Waals surface area contributed by atoms with Crippen LogP contribution in [-0.2, 0) is 16.1 Å². The monoisotopic (exact) mass is 281 g/mol. The predicted molar refractivity (Wildman–Crippen MR) is 73.9 cm³/mol. The molecular formula is C14H19NO3S. The molecule has 1 N–H and O–H groups in total. The van der Waals surface area contributed by atoms with Crippen LogP contribution in [0.25, 0.3) is 0 Å². The van der Waals surface area contributed by atoms with E-state index in [4.69, 9.17) is 5.11 Å². The zero-order valence-electron chi connectivity index (χ0n) is 11.3. The summed E-state index contributed by atoms with van der Waals surface area (Å²) in [5.41, 5.74) is -1.00. The van der Waals surface area contributed by atoms with Crippen molar-refractivity contribution < 1.29 is 14.7 Å². The van der Waals surface area contributed by atoms with E-state index in [2.05, 4.69) is 0 Å². The molecule has 0 unspecified atom stereocenters. The van der Waals surface area contributed by atoms with E-state index in [-0.39, 0.29) is 12.3 Å². The summed E-state index contributed by atoms with van der Waals surface area (Å²) in [5.74, 6) is -0.976. The van der Waals surface area contributed by atoms with E-state index in [0.29, 0.717) is 12.6 Å². The first kappa shape index (κ1) is 14.1. The average Bonchev–Trinajstić information content (AvgIpc) is 3.02. The lowest BCUT2D eigenvalue weighted by Crippen LogP contribution is -2.37. The molecule has 1 amide bonds. The number of thiophene rings is 1. The Balaban J connectivity index is 2.03. The van der Waals surface area contributed by atoms with Gasteiger partial charge >= 0.3 is 5.97 Å². The summed E-state index contributed by atoms with van der Waals surface area (Å²) >= 11 is 1.63. The largest absolute Gasteiger partial charge is 0.481 e. The predicted octanol–water partition coefficient (Wildman–Crippen LogP) is 2.74. The lowest BCUT2D eigenvalue weighted by atomic mass is 9.89. The van der Waals surface area contributed by atoms with E-state index < -0.39 is 11.4 Å². The molecule has 0 bridgehead atoms. The number of rotatable bonds is 6. The van der Waals surface area contributed by atoms with Crippen molar-refractivity contribution in [1.29, 1.82) is 0 Å². The first-order valence-electron chi connectivity index (χ1n) is 6.45. The van der Waals surface area contributed by atoms with Crippen molar-refractivity contribution in [2.45, 2.75) is 45.7 Å². The van der Waals surface area contributed by atoms with Crippen LogP contribution in [0.4, 0.5) is 0 Å². The molecule has 0 atom stereocenters. The van der Waals surface area contributed by atoms with Gasteiger partial charge in [-0.25, -0.2) is 0 Å². The highest BCUT2D eigenvalue weighted by Gasteiger charge is 2.37. The SMILES string of the molecule is CC(C)(CC(=O)N(Cc1cccs1)C1CC1)C(=O)O. The van der Waals surface area contributed by atoms with Crippen LogP contribution >= 0.6 is 11.3 Å². The fourth-order valence-corrected chi connectivity index (χ4v) is 2.64. The van der Waals surface area contributed by atoms with Gasteiger partial charge in [-0.3, -0.25) is 9.59 Å². The van der Waals surface area contributed by atoms with Crippen LogP contribution in [-0.4, -0.2) is 27.9 Å². The summed E-state index contributed by atoms with van der Waals surface area (Å²) in [6.45, 7) is 3.81. The first-order chi connectivity index (χ1) is 8.90. The van der Waals surface area contributed by atoms with Gasteiger partial charge in [-0.05, 0) is 38.1 Å². The first-order valence-corrected chi connectivity index (χ1v) is 7.33. The summed E-state index contributed by atoms with van der Waals surface area (Å²) in [7, 11) is 0. The van der Waals surface area contributed by atoms with E-state index in [1.165, 1.54) is 0 Å². The standard InChI is InChI=1S/C14H19NO3S/c1-14(2,13(17)18)8-12(16)15(10-5-6-10)9-11-4-3-7-19-11/h3-4,7,10H,5-6,8-9H2,1-2H3,(H,17,18). The number of amides is 1. The molecule has 1 aromatic rings. The number of carboxylic acid groups (broad SMARTS) is 1. The Labute approximate surface area is 117 Å². The molecule has 0 saturated heterocycles. The van der Waals surface area contributed by atoms with Gasteiger partial charge in [-0.2, -0.15) is 0 Å². The van der Waals surface area contributed by atoms with Crippen molar-refractivity contribution in [2.75, 3.05) is 0 Å². The van der Waals surface area contributed by atoms with E-state index in [1.807, 2.05) is 22.4 Å². The molecule has 5 heteroatoms. The molecule has 0 radical (unpaired) electrons. The number of nitrogens with zero attached hydrogens (tertiary/aromatic N) is 1. The number of carbonyl (C=O) groups is 2. The second-order valence-electron chi connectivity index (χ2n) is 5.70. The average molecular weight is 281 g/mol. The highest BCUT2D eigenvalue weighted by Crippen LogP contribution is 2.32. The normalized spacial score (nSPS) is 15.3. The Morgan fingerprint density at radius 3 is 2.63 bits per heavy atom. The summed E-state index contributed by atoms with van der Waals surface area (Å²) in [4.78, 5) is 26.4. The van der Waals surface area contributed by atoms with Crippen molar-refractivity contribution >= 4 is 23.2 Å². The van der Waals surface area contributed by atoms with Gasteiger partial charge in [-0.1, -0.05) is 6.07 Å². The third-order valence-electron chi connectivity index (χ3n) is 3.39. The summed E-state index contributed by atoms with van der Waals surface area (Å²) in [6, 6.07) is 4.28. The van der Waals surface area contributed by atoms with E-state index in [1.54, 1.807) is 25.2 Å². The van der Waals surface area contributed by atoms with Gasteiger partial charge in [0.2, 0.25) is 5.91 Å². The molecule has 1 saturated carbocycles. The van der Waals surface area contributed by atoms with Crippen molar-refractivity contribution in [3.63, 3.8) is 0 Å². The van der Waals surface area contributed by atoms with E-state index >= 15 is 0 Å². The maximum atomic E-state index is 12.3. The van der Waals surface area contributed by atoms with Gasteiger partial charge in [-0.15, -0.1) is 11.3 Å². The van der Waals surface area contributed by atoms with Crippen LogP contribution in [0.15, 0.2) is 17.5 Å². The lowest BCUT2D eigenvalue weighted by molar-refractivity contribution is -0.151. The molecule has 2 rings (SSSR count). The van der Waals surface area contributed by atoms with Crippen molar-refractivity contribution in [2.24, 2.45) is 5.41 Å². The molecule has 0 aliphatic heterocycles. The topological polar surface area (TPSA) is 57.6 Å². The summed E-state index contributed by atoms with van der Waals surface area (Å²) in [6.07, 6.45) is 2.12. The molecule has 0 spiro atoms. The van der Waals surface area contributed by atoms with Gasteiger partial charge in [0.05, 0.1) is 12.0 Å². The van der Waals surface area contributed by atoms with Crippen LogP contribution in [0.2, 0.25) is 0 Å². The van der Waals surface area contributed by atoms with E-state index in [0.717, 1.165) is 17.7 Å².